The number of carbonyl (C=O) groups is 1. The van der Waals surface area contributed by atoms with Crippen molar-refractivity contribution < 1.29 is 9.32 Å². The molecular formula is C19H17ClN2O2. The number of carbonyl (C=O) groups excluding carboxylic acids is 1. The lowest BCUT2D eigenvalue weighted by molar-refractivity contribution is 0.0953. The van der Waals surface area contributed by atoms with Gasteiger partial charge < -0.3 is 9.84 Å². The average molecular weight is 341 g/mol. The zero-order valence-corrected chi connectivity index (χ0v) is 14.0. The van der Waals surface area contributed by atoms with Crippen LogP contribution in [0.15, 0.2) is 59.1 Å². The van der Waals surface area contributed by atoms with Crippen molar-refractivity contribution in [2.75, 3.05) is 6.54 Å². The topological polar surface area (TPSA) is 55.1 Å². The van der Waals surface area contributed by atoms with E-state index in [4.69, 9.17) is 16.1 Å². The van der Waals surface area contributed by atoms with Gasteiger partial charge in [0.05, 0.1) is 0 Å². The third-order valence-corrected chi connectivity index (χ3v) is 3.96. The Morgan fingerprint density at radius 2 is 1.96 bits per heavy atom. The van der Waals surface area contributed by atoms with E-state index in [0.29, 0.717) is 28.6 Å². The molecule has 0 bridgehead atoms. The van der Waals surface area contributed by atoms with Gasteiger partial charge in [-0.05, 0) is 31.0 Å². The Kier molecular flexibility index (Phi) is 4.96. The van der Waals surface area contributed by atoms with Crippen LogP contribution in [0.4, 0.5) is 0 Å². The first-order valence-electron chi connectivity index (χ1n) is 7.69. The molecule has 0 aliphatic carbocycles. The quantitative estimate of drug-likeness (QED) is 0.754. The van der Waals surface area contributed by atoms with Crippen molar-refractivity contribution in [1.29, 1.82) is 0 Å². The Hall–Kier alpha value is -2.59. The van der Waals surface area contributed by atoms with Crippen LogP contribution in [0.1, 0.15) is 21.7 Å². The molecular weight excluding hydrogens is 324 g/mol. The third kappa shape index (κ3) is 3.66. The normalized spacial score (nSPS) is 10.6. The Morgan fingerprint density at radius 3 is 2.71 bits per heavy atom. The molecule has 0 spiro atoms. The smallest absolute Gasteiger partial charge is 0.257 e. The lowest BCUT2D eigenvalue weighted by Gasteiger charge is -2.06. The van der Waals surface area contributed by atoms with Crippen LogP contribution in [-0.2, 0) is 6.42 Å². The van der Waals surface area contributed by atoms with Crippen molar-refractivity contribution in [3.63, 3.8) is 0 Å². The summed E-state index contributed by atoms with van der Waals surface area (Å²) in [6.07, 6.45) is 0.767. The van der Waals surface area contributed by atoms with Crippen molar-refractivity contribution in [3.8, 4) is 11.3 Å². The van der Waals surface area contributed by atoms with Crippen molar-refractivity contribution >= 4 is 17.5 Å². The summed E-state index contributed by atoms with van der Waals surface area (Å²) in [5, 5.41) is 7.53. The minimum atomic E-state index is -0.195. The molecule has 0 saturated heterocycles. The molecule has 1 amide bonds. The van der Waals surface area contributed by atoms with E-state index in [0.717, 1.165) is 12.0 Å². The fourth-order valence-corrected chi connectivity index (χ4v) is 2.72. The minimum absolute atomic E-state index is 0.195. The van der Waals surface area contributed by atoms with Gasteiger partial charge in [0.2, 0.25) is 0 Å². The summed E-state index contributed by atoms with van der Waals surface area (Å²) in [5.41, 5.74) is 2.89. The molecule has 4 nitrogen and oxygen atoms in total. The summed E-state index contributed by atoms with van der Waals surface area (Å²) in [6.45, 7) is 2.27. The SMILES string of the molecule is Cc1onc(-c2cccc(Cl)c2)c1C(=O)NCCc1ccccc1. The first kappa shape index (κ1) is 16.3. The molecule has 5 heteroatoms. The molecule has 2 aromatic carbocycles. The molecule has 0 unspecified atom stereocenters. The number of nitrogens with one attached hydrogen (secondary N) is 1. The zero-order chi connectivity index (χ0) is 16.9. The number of nitrogens with zero attached hydrogens (tertiary/aromatic N) is 1. The maximum atomic E-state index is 12.6. The summed E-state index contributed by atoms with van der Waals surface area (Å²) < 4.78 is 5.22. The largest absolute Gasteiger partial charge is 0.360 e. The van der Waals surface area contributed by atoms with Gasteiger partial charge in [0.1, 0.15) is 17.0 Å². The number of halogens is 1. The summed E-state index contributed by atoms with van der Waals surface area (Å²) in [4.78, 5) is 12.6. The first-order valence-corrected chi connectivity index (χ1v) is 8.07. The van der Waals surface area contributed by atoms with Gasteiger partial charge in [-0.15, -0.1) is 0 Å². The zero-order valence-electron chi connectivity index (χ0n) is 13.3. The lowest BCUT2D eigenvalue weighted by atomic mass is 10.1. The molecule has 24 heavy (non-hydrogen) atoms. The Labute approximate surface area is 145 Å². The summed E-state index contributed by atoms with van der Waals surface area (Å²) in [5.74, 6) is 0.293. The molecule has 0 radical (unpaired) electrons. The van der Waals surface area contributed by atoms with Crippen molar-refractivity contribution in [2.24, 2.45) is 0 Å². The minimum Gasteiger partial charge on any atom is -0.360 e. The van der Waals surface area contributed by atoms with Crippen molar-refractivity contribution in [2.45, 2.75) is 13.3 Å². The van der Waals surface area contributed by atoms with E-state index in [1.807, 2.05) is 42.5 Å². The van der Waals surface area contributed by atoms with E-state index in [1.54, 1.807) is 19.1 Å². The van der Waals surface area contributed by atoms with E-state index in [2.05, 4.69) is 10.5 Å². The Morgan fingerprint density at radius 1 is 1.17 bits per heavy atom. The average Bonchev–Trinajstić information content (AvgIpc) is 2.97. The van der Waals surface area contributed by atoms with Crippen LogP contribution in [0.5, 0.6) is 0 Å². The van der Waals surface area contributed by atoms with E-state index < -0.39 is 0 Å². The fraction of sp³-hybridized carbons (Fsp3) is 0.158. The van der Waals surface area contributed by atoms with E-state index >= 15 is 0 Å². The van der Waals surface area contributed by atoms with Gasteiger partial charge in [-0.1, -0.05) is 59.2 Å². The molecule has 3 aromatic rings. The molecule has 0 aliphatic heterocycles. The number of benzene rings is 2. The number of rotatable bonds is 5. The molecule has 122 valence electrons. The monoisotopic (exact) mass is 340 g/mol. The standard InChI is InChI=1S/C19H17ClN2O2/c1-13-17(18(22-24-13)15-8-5-9-16(20)12-15)19(23)21-11-10-14-6-3-2-4-7-14/h2-9,12H,10-11H2,1H3,(H,21,23). The number of aromatic nitrogens is 1. The van der Waals surface area contributed by atoms with Gasteiger partial charge in [-0.3, -0.25) is 4.79 Å². The van der Waals surface area contributed by atoms with E-state index in [-0.39, 0.29) is 5.91 Å². The molecule has 0 aliphatic rings. The van der Waals surface area contributed by atoms with Gasteiger partial charge >= 0.3 is 0 Å². The molecule has 0 fully saturated rings. The van der Waals surface area contributed by atoms with Crippen LogP contribution in [0.2, 0.25) is 5.02 Å². The maximum Gasteiger partial charge on any atom is 0.257 e. The number of hydrogen-bond acceptors (Lipinski definition) is 3. The summed E-state index contributed by atoms with van der Waals surface area (Å²) >= 11 is 6.03. The van der Waals surface area contributed by atoms with E-state index in [9.17, 15) is 4.79 Å². The number of amides is 1. The highest BCUT2D eigenvalue weighted by Gasteiger charge is 2.21. The second-order valence-electron chi connectivity index (χ2n) is 5.46. The molecule has 0 saturated carbocycles. The predicted octanol–water partition coefficient (Wildman–Crippen LogP) is 4.28. The van der Waals surface area contributed by atoms with Gasteiger partial charge in [0, 0.05) is 17.1 Å². The van der Waals surface area contributed by atoms with Gasteiger partial charge in [0.15, 0.2) is 0 Å². The molecule has 0 atom stereocenters. The predicted molar refractivity (Wildman–Crippen MR) is 94.2 cm³/mol. The van der Waals surface area contributed by atoms with Crippen LogP contribution < -0.4 is 5.32 Å². The Balaban J connectivity index is 1.74. The van der Waals surface area contributed by atoms with Gasteiger partial charge in [-0.25, -0.2) is 0 Å². The second-order valence-corrected chi connectivity index (χ2v) is 5.90. The molecule has 1 heterocycles. The summed E-state index contributed by atoms with van der Waals surface area (Å²) in [7, 11) is 0. The maximum absolute atomic E-state index is 12.6. The van der Waals surface area contributed by atoms with Crippen LogP contribution in [-0.4, -0.2) is 17.6 Å². The van der Waals surface area contributed by atoms with Crippen molar-refractivity contribution in [3.05, 3.63) is 76.5 Å². The second kappa shape index (κ2) is 7.32. The van der Waals surface area contributed by atoms with Crippen LogP contribution in [0.25, 0.3) is 11.3 Å². The molecule has 3 rings (SSSR count). The van der Waals surface area contributed by atoms with Crippen LogP contribution in [0.3, 0.4) is 0 Å². The van der Waals surface area contributed by atoms with Crippen LogP contribution in [0, 0.1) is 6.92 Å². The van der Waals surface area contributed by atoms with E-state index in [1.165, 1.54) is 5.56 Å². The van der Waals surface area contributed by atoms with Gasteiger partial charge in [0.25, 0.3) is 5.91 Å². The fourth-order valence-electron chi connectivity index (χ4n) is 2.53. The van der Waals surface area contributed by atoms with Crippen molar-refractivity contribution in [1.82, 2.24) is 10.5 Å². The highest BCUT2D eigenvalue weighted by molar-refractivity contribution is 6.30. The molecule has 1 N–H and O–H groups in total. The van der Waals surface area contributed by atoms with Gasteiger partial charge in [-0.2, -0.15) is 0 Å². The highest BCUT2D eigenvalue weighted by atomic mass is 35.5. The lowest BCUT2D eigenvalue weighted by Crippen LogP contribution is -2.26. The summed E-state index contributed by atoms with van der Waals surface area (Å²) in [6, 6.07) is 17.2. The Bertz CT molecular complexity index is 844. The van der Waals surface area contributed by atoms with Crippen LogP contribution >= 0.6 is 11.6 Å². The highest BCUT2D eigenvalue weighted by Crippen LogP contribution is 2.27. The molecule has 1 aromatic heterocycles. The first-order chi connectivity index (χ1) is 11.6. The number of aryl methyl sites for hydroxylation is 1. The number of hydrogen-bond donors (Lipinski definition) is 1. The third-order valence-electron chi connectivity index (χ3n) is 3.73.